The summed E-state index contributed by atoms with van der Waals surface area (Å²) in [6, 6.07) is 0. The maximum absolute atomic E-state index is 10.7. The highest BCUT2D eigenvalue weighted by Gasteiger charge is 2.25. The zero-order valence-corrected chi connectivity index (χ0v) is 8.71. The van der Waals surface area contributed by atoms with Crippen molar-refractivity contribution in [2.45, 2.75) is 23.8 Å². The van der Waals surface area contributed by atoms with Gasteiger partial charge in [0.1, 0.15) is 0 Å². The number of pyridine rings is 1. The number of carbonyl (C=O) groups is 1. The second-order valence-corrected chi connectivity index (χ2v) is 4.01. The summed E-state index contributed by atoms with van der Waals surface area (Å²) in [6.07, 6.45) is 8.55. The van der Waals surface area contributed by atoms with Crippen LogP contribution in [-0.2, 0) is 0 Å². The lowest BCUT2D eigenvalue weighted by Crippen LogP contribution is -2.00. The summed E-state index contributed by atoms with van der Waals surface area (Å²) in [5.41, 5.74) is 0.607. The largest absolute Gasteiger partial charge is 0.488 e. The van der Waals surface area contributed by atoms with Gasteiger partial charge in [-0.3, -0.25) is 9.78 Å². The fourth-order valence-corrected chi connectivity index (χ4v) is 1.84. The third-order valence-electron chi connectivity index (χ3n) is 2.04. The van der Waals surface area contributed by atoms with Gasteiger partial charge in [0.2, 0.25) is 0 Å². The summed E-state index contributed by atoms with van der Waals surface area (Å²) < 4.78 is 5.65. The van der Waals surface area contributed by atoms with Crippen molar-refractivity contribution < 1.29 is 9.53 Å². The van der Waals surface area contributed by atoms with E-state index in [4.69, 9.17) is 4.74 Å². The summed E-state index contributed by atoms with van der Waals surface area (Å²) >= 11 is 1.52. The molecular weight excluding hydrogens is 198 g/mol. The molecule has 1 saturated carbocycles. The highest BCUT2D eigenvalue weighted by molar-refractivity contribution is 7.98. The fourth-order valence-electron chi connectivity index (χ4n) is 1.20. The predicted octanol–water partition coefficient (Wildman–Crippen LogP) is 2.16. The Morgan fingerprint density at radius 3 is 2.93 bits per heavy atom. The van der Waals surface area contributed by atoms with Crippen LogP contribution in [0.2, 0.25) is 0 Å². The smallest absolute Gasteiger partial charge is 0.152 e. The highest BCUT2D eigenvalue weighted by Crippen LogP contribution is 2.34. The van der Waals surface area contributed by atoms with E-state index in [9.17, 15) is 4.79 Å². The van der Waals surface area contributed by atoms with Crippen LogP contribution < -0.4 is 4.74 Å². The predicted molar refractivity (Wildman–Crippen MR) is 55.1 cm³/mol. The van der Waals surface area contributed by atoms with Gasteiger partial charge in [-0.1, -0.05) is 0 Å². The summed E-state index contributed by atoms with van der Waals surface area (Å²) in [5.74, 6) is 0.740. The molecule has 1 aromatic rings. The number of aldehydes is 1. The van der Waals surface area contributed by atoms with Gasteiger partial charge < -0.3 is 4.74 Å². The number of thioether (sulfide) groups is 1. The first-order valence-electron chi connectivity index (χ1n) is 4.49. The van der Waals surface area contributed by atoms with Crippen molar-refractivity contribution in [2.24, 2.45) is 0 Å². The van der Waals surface area contributed by atoms with Gasteiger partial charge in [-0.25, -0.2) is 0 Å². The van der Waals surface area contributed by atoms with Crippen molar-refractivity contribution in [3.8, 4) is 5.75 Å². The quantitative estimate of drug-likeness (QED) is 0.562. The molecule has 0 bridgehead atoms. The molecule has 14 heavy (non-hydrogen) atoms. The maximum atomic E-state index is 10.7. The number of hydrogen-bond acceptors (Lipinski definition) is 4. The molecule has 3 nitrogen and oxygen atoms in total. The van der Waals surface area contributed by atoms with E-state index in [1.165, 1.54) is 11.8 Å². The lowest BCUT2D eigenvalue weighted by atomic mass is 10.3. The van der Waals surface area contributed by atoms with E-state index < -0.39 is 0 Å². The Morgan fingerprint density at radius 2 is 2.36 bits per heavy atom. The van der Waals surface area contributed by atoms with Crippen molar-refractivity contribution in [1.82, 2.24) is 4.98 Å². The van der Waals surface area contributed by atoms with Crippen molar-refractivity contribution >= 4 is 18.0 Å². The fraction of sp³-hybridized carbons (Fsp3) is 0.400. The lowest BCUT2D eigenvalue weighted by Gasteiger charge is -2.09. The van der Waals surface area contributed by atoms with E-state index in [-0.39, 0.29) is 0 Å². The normalized spacial score (nSPS) is 15.2. The number of ether oxygens (including phenoxy) is 1. The molecule has 74 valence electrons. The van der Waals surface area contributed by atoms with Gasteiger partial charge >= 0.3 is 0 Å². The third-order valence-corrected chi connectivity index (χ3v) is 2.89. The van der Waals surface area contributed by atoms with Gasteiger partial charge in [0.25, 0.3) is 0 Å². The number of nitrogens with zero attached hydrogens (tertiary/aromatic N) is 1. The van der Waals surface area contributed by atoms with Crippen LogP contribution in [0.4, 0.5) is 0 Å². The average Bonchev–Trinajstić information content (AvgIpc) is 3.01. The molecule has 1 aromatic heterocycles. The highest BCUT2D eigenvalue weighted by atomic mass is 32.2. The monoisotopic (exact) mass is 209 g/mol. The first-order chi connectivity index (χ1) is 6.85. The van der Waals surface area contributed by atoms with Crippen LogP contribution in [0.25, 0.3) is 0 Å². The molecule has 1 aliphatic rings. The van der Waals surface area contributed by atoms with Crippen molar-refractivity contribution in [2.75, 3.05) is 6.26 Å². The van der Waals surface area contributed by atoms with E-state index >= 15 is 0 Å². The molecule has 0 aliphatic heterocycles. The van der Waals surface area contributed by atoms with Gasteiger partial charge in [0, 0.05) is 11.8 Å². The van der Waals surface area contributed by atoms with Gasteiger partial charge in [0.15, 0.2) is 12.0 Å². The van der Waals surface area contributed by atoms with Crippen molar-refractivity contribution in [3.63, 3.8) is 0 Å². The topological polar surface area (TPSA) is 39.2 Å². The van der Waals surface area contributed by atoms with E-state index in [2.05, 4.69) is 4.98 Å². The van der Waals surface area contributed by atoms with E-state index in [1.807, 2.05) is 6.26 Å². The minimum atomic E-state index is 0.338. The second kappa shape index (κ2) is 4.00. The van der Waals surface area contributed by atoms with Crippen LogP contribution in [0.15, 0.2) is 17.3 Å². The zero-order valence-electron chi connectivity index (χ0n) is 7.90. The summed E-state index contributed by atoms with van der Waals surface area (Å²) in [4.78, 5) is 15.6. The Balaban J connectivity index is 2.30. The first-order valence-corrected chi connectivity index (χ1v) is 5.71. The molecule has 0 radical (unpaired) electrons. The van der Waals surface area contributed by atoms with Crippen LogP contribution >= 0.6 is 11.8 Å². The molecule has 0 spiro atoms. The molecule has 4 heteroatoms. The van der Waals surface area contributed by atoms with Crippen LogP contribution in [0, 0.1) is 0 Å². The van der Waals surface area contributed by atoms with Crippen LogP contribution in [0.1, 0.15) is 23.2 Å². The van der Waals surface area contributed by atoms with Crippen molar-refractivity contribution in [3.05, 3.63) is 18.0 Å². The Bertz CT molecular complexity index is 350. The SMILES string of the molecule is CSc1c(C=O)cncc1OC1CC1. The standard InChI is InChI=1S/C10H11NO2S/c1-14-10-7(6-12)4-11-5-9(10)13-8-2-3-8/h4-6,8H,2-3H2,1H3. The number of hydrogen-bond donors (Lipinski definition) is 0. The minimum absolute atomic E-state index is 0.338. The Hall–Kier alpha value is -1.03. The molecular formula is C10H11NO2S. The molecule has 0 atom stereocenters. The molecule has 0 unspecified atom stereocenters. The molecule has 0 aromatic carbocycles. The van der Waals surface area contributed by atoms with Crippen LogP contribution in [0.3, 0.4) is 0 Å². The van der Waals surface area contributed by atoms with Gasteiger partial charge in [-0.05, 0) is 19.1 Å². The average molecular weight is 209 g/mol. The Morgan fingerprint density at radius 1 is 1.57 bits per heavy atom. The molecule has 1 fully saturated rings. The van der Waals surface area contributed by atoms with Gasteiger partial charge in [-0.15, -0.1) is 11.8 Å². The number of carbonyl (C=O) groups excluding carboxylic acids is 1. The first kappa shape index (κ1) is 9.52. The van der Waals surface area contributed by atoms with E-state index in [1.54, 1.807) is 12.4 Å². The molecule has 0 amide bonds. The van der Waals surface area contributed by atoms with E-state index in [0.717, 1.165) is 29.8 Å². The summed E-state index contributed by atoms with van der Waals surface area (Å²) in [6.45, 7) is 0. The minimum Gasteiger partial charge on any atom is -0.488 e. The third kappa shape index (κ3) is 1.90. The Kier molecular flexibility index (Phi) is 2.72. The molecule has 0 saturated heterocycles. The molecule has 0 N–H and O–H groups in total. The molecule has 1 aliphatic carbocycles. The van der Waals surface area contributed by atoms with Gasteiger partial charge in [-0.2, -0.15) is 0 Å². The Labute approximate surface area is 86.9 Å². The van der Waals surface area contributed by atoms with E-state index in [0.29, 0.717) is 11.7 Å². The summed E-state index contributed by atoms with van der Waals surface area (Å²) in [5, 5.41) is 0. The number of rotatable bonds is 4. The zero-order chi connectivity index (χ0) is 9.97. The van der Waals surface area contributed by atoms with Crippen molar-refractivity contribution in [1.29, 1.82) is 0 Å². The van der Waals surface area contributed by atoms with Gasteiger partial charge in [0.05, 0.1) is 17.2 Å². The molecule has 2 rings (SSSR count). The maximum Gasteiger partial charge on any atom is 0.152 e. The van der Waals surface area contributed by atoms with Crippen LogP contribution in [-0.4, -0.2) is 23.6 Å². The summed E-state index contributed by atoms with van der Waals surface area (Å²) in [7, 11) is 0. The molecule has 1 heterocycles. The lowest BCUT2D eigenvalue weighted by molar-refractivity contribution is 0.111. The second-order valence-electron chi connectivity index (χ2n) is 3.20. The van der Waals surface area contributed by atoms with Crippen LogP contribution in [0.5, 0.6) is 5.75 Å². The number of aromatic nitrogens is 1.